The van der Waals surface area contributed by atoms with Crippen molar-refractivity contribution in [1.82, 2.24) is 14.8 Å². The van der Waals surface area contributed by atoms with Gasteiger partial charge < -0.3 is 10.2 Å². The van der Waals surface area contributed by atoms with Gasteiger partial charge >= 0.3 is 0 Å². The van der Waals surface area contributed by atoms with Gasteiger partial charge in [-0.15, -0.1) is 10.2 Å². The molecule has 1 aliphatic heterocycles. The van der Waals surface area contributed by atoms with Gasteiger partial charge in [0.2, 0.25) is 16.2 Å². The number of anilines is 2. The maximum Gasteiger partial charge on any atom is 0.229 e. The van der Waals surface area contributed by atoms with E-state index >= 15 is 0 Å². The van der Waals surface area contributed by atoms with Crippen LogP contribution >= 0.6 is 27.3 Å². The smallest absolute Gasteiger partial charge is 0.229 e. The van der Waals surface area contributed by atoms with Gasteiger partial charge in [0, 0.05) is 30.0 Å². The number of benzene rings is 1. The van der Waals surface area contributed by atoms with Crippen LogP contribution in [0.15, 0.2) is 47.2 Å². The van der Waals surface area contributed by atoms with E-state index in [-0.39, 0.29) is 17.5 Å². The lowest BCUT2D eigenvalue weighted by Crippen LogP contribution is -2.40. The van der Waals surface area contributed by atoms with E-state index in [1.54, 1.807) is 12.1 Å². The molecule has 1 N–H and O–H groups in total. The van der Waals surface area contributed by atoms with Crippen molar-refractivity contribution in [1.29, 1.82) is 0 Å². The Bertz CT molecular complexity index is 945. The highest BCUT2D eigenvalue weighted by Crippen LogP contribution is 2.29. The summed E-state index contributed by atoms with van der Waals surface area (Å²) in [6.07, 6.45) is 5.48. The maximum absolute atomic E-state index is 14.0. The first-order valence-corrected chi connectivity index (χ1v) is 10.2. The minimum Gasteiger partial charge on any atom is -0.346 e. The Balaban J connectivity index is 1.44. The Hall–Kier alpha value is -2.26. The van der Waals surface area contributed by atoms with Gasteiger partial charge in [-0.1, -0.05) is 27.3 Å². The SMILES string of the molecule is O=C(Nc1ccc(Br)cc1F)[C@@H]1CCCN(c2nnc(-n3cccc3)s2)C1. The number of hydrogen-bond donors (Lipinski definition) is 1. The van der Waals surface area contributed by atoms with Crippen molar-refractivity contribution >= 4 is 44.0 Å². The van der Waals surface area contributed by atoms with Crippen LogP contribution in [0.25, 0.3) is 5.13 Å². The van der Waals surface area contributed by atoms with E-state index in [0.717, 1.165) is 29.6 Å². The Morgan fingerprint density at radius 3 is 2.81 bits per heavy atom. The second-order valence-electron chi connectivity index (χ2n) is 6.36. The molecule has 9 heteroatoms. The average Bonchev–Trinajstić information content (AvgIpc) is 3.35. The highest BCUT2D eigenvalue weighted by molar-refractivity contribution is 9.10. The van der Waals surface area contributed by atoms with Crippen LogP contribution in [-0.2, 0) is 4.79 Å². The quantitative estimate of drug-likeness (QED) is 0.651. The number of aromatic nitrogens is 3. The molecule has 1 saturated heterocycles. The molecule has 3 aromatic rings. The first kappa shape index (κ1) is 18.1. The minimum absolute atomic E-state index is 0.170. The third kappa shape index (κ3) is 4.03. The summed E-state index contributed by atoms with van der Waals surface area (Å²) in [7, 11) is 0. The molecule has 0 spiro atoms. The molecule has 140 valence electrons. The van der Waals surface area contributed by atoms with E-state index in [1.165, 1.54) is 17.4 Å². The van der Waals surface area contributed by atoms with Crippen molar-refractivity contribution in [2.75, 3.05) is 23.3 Å². The van der Waals surface area contributed by atoms with Crippen LogP contribution in [0, 0.1) is 11.7 Å². The molecule has 0 bridgehead atoms. The Morgan fingerprint density at radius 1 is 1.26 bits per heavy atom. The van der Waals surface area contributed by atoms with Crippen molar-refractivity contribution < 1.29 is 9.18 Å². The Kier molecular flexibility index (Phi) is 5.22. The predicted octanol–water partition coefficient (Wildman–Crippen LogP) is 4.09. The largest absolute Gasteiger partial charge is 0.346 e. The lowest BCUT2D eigenvalue weighted by Gasteiger charge is -2.31. The highest BCUT2D eigenvalue weighted by atomic mass is 79.9. The molecular formula is C18H17BrFN5OS. The van der Waals surface area contributed by atoms with E-state index < -0.39 is 5.82 Å². The minimum atomic E-state index is -0.453. The summed E-state index contributed by atoms with van der Waals surface area (Å²) >= 11 is 4.70. The molecule has 1 aromatic carbocycles. The number of rotatable bonds is 4. The molecule has 2 aromatic heterocycles. The average molecular weight is 450 g/mol. The topological polar surface area (TPSA) is 63.1 Å². The molecule has 6 nitrogen and oxygen atoms in total. The van der Waals surface area contributed by atoms with Crippen molar-refractivity contribution in [2.24, 2.45) is 5.92 Å². The number of carbonyl (C=O) groups excluding carboxylic acids is 1. The summed E-state index contributed by atoms with van der Waals surface area (Å²) in [5, 5.41) is 12.8. The third-order valence-electron chi connectivity index (χ3n) is 4.48. The molecule has 27 heavy (non-hydrogen) atoms. The second kappa shape index (κ2) is 7.77. The molecule has 1 atom stereocenters. The van der Waals surface area contributed by atoms with Crippen LogP contribution < -0.4 is 10.2 Å². The van der Waals surface area contributed by atoms with Gasteiger partial charge in [-0.25, -0.2) is 4.39 Å². The molecule has 1 amide bonds. The van der Waals surface area contributed by atoms with E-state index in [4.69, 9.17) is 0 Å². The summed E-state index contributed by atoms with van der Waals surface area (Å²) in [6.45, 7) is 1.38. The number of hydrogen-bond acceptors (Lipinski definition) is 5. The van der Waals surface area contributed by atoms with Gasteiger partial charge in [-0.05, 0) is 43.2 Å². The summed E-state index contributed by atoms with van der Waals surface area (Å²) in [4.78, 5) is 14.7. The van der Waals surface area contributed by atoms with E-state index in [9.17, 15) is 9.18 Å². The monoisotopic (exact) mass is 449 g/mol. The molecular weight excluding hydrogens is 433 g/mol. The van der Waals surface area contributed by atoms with Gasteiger partial charge in [-0.2, -0.15) is 0 Å². The number of nitrogens with zero attached hydrogens (tertiary/aromatic N) is 4. The van der Waals surface area contributed by atoms with Crippen LogP contribution in [0.3, 0.4) is 0 Å². The lowest BCUT2D eigenvalue weighted by atomic mass is 9.97. The van der Waals surface area contributed by atoms with Gasteiger partial charge in [0.1, 0.15) is 5.82 Å². The fourth-order valence-electron chi connectivity index (χ4n) is 3.09. The van der Waals surface area contributed by atoms with Crippen molar-refractivity contribution in [3.63, 3.8) is 0 Å². The molecule has 4 rings (SSSR count). The summed E-state index contributed by atoms with van der Waals surface area (Å²) in [5.74, 6) is -0.845. The van der Waals surface area contributed by atoms with Crippen LogP contribution in [0.5, 0.6) is 0 Å². The zero-order chi connectivity index (χ0) is 18.8. The molecule has 0 radical (unpaired) electrons. The summed E-state index contributed by atoms with van der Waals surface area (Å²) in [5.41, 5.74) is 0.200. The van der Waals surface area contributed by atoms with Gasteiger partial charge in [-0.3, -0.25) is 9.36 Å². The first-order valence-electron chi connectivity index (χ1n) is 8.58. The van der Waals surface area contributed by atoms with Crippen LogP contribution in [0.1, 0.15) is 12.8 Å². The molecule has 0 unspecified atom stereocenters. The number of halogens is 2. The number of amides is 1. The van der Waals surface area contributed by atoms with E-state index in [1.807, 2.05) is 29.1 Å². The third-order valence-corrected chi connectivity index (χ3v) is 5.97. The van der Waals surface area contributed by atoms with Crippen molar-refractivity contribution in [3.05, 3.63) is 53.0 Å². The highest BCUT2D eigenvalue weighted by Gasteiger charge is 2.28. The van der Waals surface area contributed by atoms with Gasteiger partial charge in [0.15, 0.2) is 0 Å². The van der Waals surface area contributed by atoms with E-state index in [0.29, 0.717) is 11.0 Å². The zero-order valence-corrected chi connectivity index (χ0v) is 16.7. The normalized spacial score (nSPS) is 17.1. The van der Waals surface area contributed by atoms with Crippen molar-refractivity contribution in [3.8, 4) is 5.13 Å². The molecule has 0 aliphatic carbocycles. The summed E-state index contributed by atoms with van der Waals surface area (Å²) in [6, 6.07) is 8.47. The fraction of sp³-hybridized carbons (Fsp3) is 0.278. The predicted molar refractivity (Wildman–Crippen MR) is 107 cm³/mol. The molecule has 1 fully saturated rings. The zero-order valence-electron chi connectivity index (χ0n) is 14.3. The number of carbonyl (C=O) groups is 1. The van der Waals surface area contributed by atoms with Crippen LogP contribution in [-0.4, -0.2) is 33.8 Å². The first-order chi connectivity index (χ1) is 13.1. The number of nitrogens with one attached hydrogen (secondary N) is 1. The Labute approximate surface area is 168 Å². The van der Waals surface area contributed by atoms with Gasteiger partial charge in [0.05, 0.1) is 11.6 Å². The fourth-order valence-corrected chi connectivity index (χ4v) is 4.27. The molecule has 1 aliphatic rings. The van der Waals surface area contributed by atoms with Crippen molar-refractivity contribution in [2.45, 2.75) is 12.8 Å². The summed E-state index contributed by atoms with van der Waals surface area (Å²) < 4.78 is 16.5. The second-order valence-corrected chi connectivity index (χ2v) is 8.21. The molecule has 0 saturated carbocycles. The van der Waals surface area contributed by atoms with Gasteiger partial charge in [0.25, 0.3) is 0 Å². The van der Waals surface area contributed by atoms with Crippen LogP contribution in [0.4, 0.5) is 15.2 Å². The van der Waals surface area contributed by atoms with Crippen LogP contribution in [0.2, 0.25) is 0 Å². The standard InChI is InChI=1S/C18H17BrFN5OS/c19-13-5-6-15(14(20)10-13)21-16(26)12-4-3-9-25(11-12)18-23-22-17(27-18)24-7-1-2-8-24/h1-2,5-8,10,12H,3-4,9,11H2,(H,21,26)/t12-/m1/s1. The lowest BCUT2D eigenvalue weighted by molar-refractivity contribution is -0.120. The number of piperidine rings is 1. The Morgan fingerprint density at radius 2 is 2.04 bits per heavy atom. The van der Waals surface area contributed by atoms with E-state index in [2.05, 4.69) is 36.3 Å². The maximum atomic E-state index is 14.0. The molecule has 3 heterocycles.